The summed E-state index contributed by atoms with van der Waals surface area (Å²) in [6.45, 7) is 1.57. The van der Waals surface area contributed by atoms with Crippen LogP contribution in [0.4, 0.5) is 0 Å². The van der Waals surface area contributed by atoms with Crippen molar-refractivity contribution in [1.29, 1.82) is 0 Å². The predicted molar refractivity (Wildman–Crippen MR) is 155 cm³/mol. The molecular formula is C33H27NO4S. The number of ether oxygens (including phenoxy) is 2. The maximum Gasteiger partial charge on any atom is 0.124 e. The maximum absolute atomic E-state index is 11.1. The van der Waals surface area contributed by atoms with Crippen LogP contribution in [-0.4, -0.2) is 23.3 Å². The summed E-state index contributed by atoms with van der Waals surface area (Å²) >= 11 is 1.70. The predicted octanol–water partition coefficient (Wildman–Crippen LogP) is 7.95. The molecule has 0 atom stereocenters. The average molecular weight is 534 g/mol. The van der Waals surface area contributed by atoms with Crippen LogP contribution in [0.25, 0.3) is 42.7 Å². The molecule has 1 fully saturated rings. The molecule has 0 bridgehead atoms. The van der Waals surface area contributed by atoms with E-state index in [1.807, 2.05) is 42.5 Å². The zero-order chi connectivity index (χ0) is 26.2. The minimum absolute atomic E-state index is 0.415. The van der Waals surface area contributed by atoms with Gasteiger partial charge in [-0.05, 0) is 76.0 Å². The Morgan fingerprint density at radius 1 is 0.897 bits per heavy atom. The first-order chi connectivity index (χ1) is 19.1. The highest BCUT2D eigenvalue weighted by molar-refractivity contribution is 7.21. The lowest BCUT2D eigenvalue weighted by molar-refractivity contribution is -0.0679. The van der Waals surface area contributed by atoms with Crippen molar-refractivity contribution in [3.63, 3.8) is 0 Å². The van der Waals surface area contributed by atoms with Crippen molar-refractivity contribution < 1.29 is 19.0 Å². The van der Waals surface area contributed by atoms with E-state index in [1.54, 1.807) is 23.9 Å². The third-order valence-corrected chi connectivity index (χ3v) is 8.57. The van der Waals surface area contributed by atoms with E-state index in [4.69, 9.17) is 18.9 Å². The first kappa shape index (κ1) is 24.1. The zero-order valence-corrected chi connectivity index (χ0v) is 22.1. The summed E-state index contributed by atoms with van der Waals surface area (Å²) in [6.07, 6.45) is 4.70. The van der Waals surface area contributed by atoms with Gasteiger partial charge in [0, 0.05) is 37.2 Å². The summed E-state index contributed by atoms with van der Waals surface area (Å²) in [4.78, 5) is 4.90. The van der Waals surface area contributed by atoms with Gasteiger partial charge < -0.3 is 19.0 Å². The maximum atomic E-state index is 11.1. The Labute approximate surface area is 230 Å². The van der Waals surface area contributed by atoms with Crippen LogP contribution in [0, 0.1) is 0 Å². The van der Waals surface area contributed by atoms with E-state index in [0.717, 1.165) is 54.9 Å². The number of hydrogen-bond donors (Lipinski definition) is 1. The van der Waals surface area contributed by atoms with Crippen LogP contribution < -0.4 is 4.74 Å². The molecule has 0 spiro atoms. The van der Waals surface area contributed by atoms with E-state index >= 15 is 0 Å². The number of benzene rings is 4. The molecule has 194 valence electrons. The lowest BCUT2D eigenvalue weighted by Gasteiger charge is -2.32. The number of para-hydroxylation sites is 1. The largest absolute Gasteiger partial charge is 0.489 e. The van der Waals surface area contributed by atoms with E-state index in [2.05, 4.69) is 42.5 Å². The molecule has 6 aromatic rings. The molecule has 1 aliphatic heterocycles. The van der Waals surface area contributed by atoms with Crippen molar-refractivity contribution in [3.05, 3.63) is 109 Å². The number of aromatic nitrogens is 1. The molecule has 0 unspecified atom stereocenters. The molecule has 1 saturated heterocycles. The van der Waals surface area contributed by atoms with Gasteiger partial charge in [-0.15, -0.1) is 11.3 Å². The van der Waals surface area contributed by atoms with Crippen molar-refractivity contribution in [2.75, 3.05) is 13.2 Å². The molecule has 2 aromatic heterocycles. The summed E-state index contributed by atoms with van der Waals surface area (Å²) in [6, 6.07) is 28.9. The zero-order valence-electron chi connectivity index (χ0n) is 21.3. The number of fused-ring (bicyclic) bond motifs is 2. The summed E-state index contributed by atoms with van der Waals surface area (Å²) in [5.74, 6) is 0.789. The Balaban J connectivity index is 1.22. The highest BCUT2D eigenvalue weighted by Crippen LogP contribution is 2.38. The molecule has 3 heterocycles. The Morgan fingerprint density at radius 3 is 2.64 bits per heavy atom. The standard InChI is InChI=1S/C33H27NO4S/c35-33(11-14-36-15-12-33)26-5-3-4-22(16-26)20-38-27-8-9-28-24(18-27)17-25(19-29(28)23-10-13-37-21-23)32-34-30-6-1-2-7-31(30)39-32/h1-10,13,16-19,21,35H,11-12,14-15,20H2. The van der Waals surface area contributed by atoms with Gasteiger partial charge in [-0.3, -0.25) is 0 Å². The number of hydrogen-bond acceptors (Lipinski definition) is 6. The van der Waals surface area contributed by atoms with Gasteiger partial charge in [0.05, 0.1) is 28.3 Å². The van der Waals surface area contributed by atoms with Crippen LogP contribution in [0.5, 0.6) is 5.75 Å². The van der Waals surface area contributed by atoms with E-state index in [0.29, 0.717) is 32.7 Å². The van der Waals surface area contributed by atoms with Gasteiger partial charge in [0.25, 0.3) is 0 Å². The molecule has 0 saturated carbocycles. The number of furan rings is 1. The fraction of sp³-hybridized carbons (Fsp3) is 0.182. The third kappa shape index (κ3) is 4.72. The second-order valence-corrected chi connectivity index (χ2v) is 11.1. The highest BCUT2D eigenvalue weighted by Gasteiger charge is 2.31. The molecule has 4 aromatic carbocycles. The van der Waals surface area contributed by atoms with Crippen molar-refractivity contribution in [3.8, 4) is 27.4 Å². The van der Waals surface area contributed by atoms with E-state index in [1.165, 1.54) is 4.70 Å². The van der Waals surface area contributed by atoms with E-state index < -0.39 is 5.60 Å². The second-order valence-electron chi connectivity index (χ2n) is 10.0. The summed E-state index contributed by atoms with van der Waals surface area (Å²) in [5.41, 5.74) is 5.31. The highest BCUT2D eigenvalue weighted by atomic mass is 32.1. The van der Waals surface area contributed by atoms with Crippen molar-refractivity contribution in [2.24, 2.45) is 0 Å². The fourth-order valence-corrected chi connectivity index (χ4v) is 6.28. The lowest BCUT2D eigenvalue weighted by atomic mass is 9.86. The van der Waals surface area contributed by atoms with Crippen molar-refractivity contribution in [1.82, 2.24) is 4.98 Å². The second kappa shape index (κ2) is 9.97. The minimum atomic E-state index is -0.836. The molecule has 7 rings (SSSR count). The Hall–Kier alpha value is -3.97. The van der Waals surface area contributed by atoms with Crippen molar-refractivity contribution in [2.45, 2.75) is 25.0 Å². The van der Waals surface area contributed by atoms with Gasteiger partial charge in [0.2, 0.25) is 0 Å². The van der Waals surface area contributed by atoms with Crippen LogP contribution in [0.2, 0.25) is 0 Å². The average Bonchev–Trinajstić information content (AvgIpc) is 3.67. The quantitative estimate of drug-likeness (QED) is 0.235. The molecule has 1 aliphatic rings. The number of aliphatic hydroxyl groups is 1. The molecule has 0 aliphatic carbocycles. The van der Waals surface area contributed by atoms with Crippen LogP contribution in [0.3, 0.4) is 0 Å². The topological polar surface area (TPSA) is 64.7 Å². The molecule has 5 nitrogen and oxygen atoms in total. The summed E-state index contributed by atoms with van der Waals surface area (Å²) in [7, 11) is 0. The summed E-state index contributed by atoms with van der Waals surface area (Å²) < 4.78 is 18.3. The monoisotopic (exact) mass is 533 g/mol. The molecule has 6 heteroatoms. The van der Waals surface area contributed by atoms with Crippen LogP contribution >= 0.6 is 11.3 Å². The van der Waals surface area contributed by atoms with Crippen LogP contribution in [0.1, 0.15) is 24.0 Å². The first-order valence-electron chi connectivity index (χ1n) is 13.1. The van der Waals surface area contributed by atoms with Gasteiger partial charge in [0.1, 0.15) is 17.4 Å². The number of nitrogens with zero attached hydrogens (tertiary/aromatic N) is 1. The smallest absolute Gasteiger partial charge is 0.124 e. The molecule has 0 radical (unpaired) electrons. The summed E-state index contributed by atoms with van der Waals surface area (Å²) in [5, 5.41) is 14.3. The lowest BCUT2D eigenvalue weighted by Crippen LogP contribution is -2.33. The van der Waals surface area contributed by atoms with Gasteiger partial charge in [-0.2, -0.15) is 0 Å². The van der Waals surface area contributed by atoms with E-state index in [-0.39, 0.29) is 0 Å². The number of rotatable bonds is 6. The third-order valence-electron chi connectivity index (χ3n) is 7.49. The molecule has 1 N–H and O–H groups in total. The van der Waals surface area contributed by atoms with Crippen LogP contribution in [-0.2, 0) is 16.9 Å². The Kier molecular flexibility index (Phi) is 6.16. The van der Waals surface area contributed by atoms with Crippen LogP contribution in [0.15, 0.2) is 102 Å². The molecular weight excluding hydrogens is 506 g/mol. The number of thiazole rings is 1. The molecule has 0 amide bonds. The molecule has 39 heavy (non-hydrogen) atoms. The van der Waals surface area contributed by atoms with Gasteiger partial charge in [0.15, 0.2) is 0 Å². The normalized spacial score (nSPS) is 15.1. The Bertz CT molecular complexity index is 1730. The van der Waals surface area contributed by atoms with E-state index in [9.17, 15) is 5.11 Å². The SMILES string of the molecule is OC1(c2cccc(COc3ccc4c(-c5ccoc5)cc(-c5nc6ccccc6s5)cc4c3)c2)CCOCC1. The van der Waals surface area contributed by atoms with Gasteiger partial charge in [-0.25, -0.2) is 4.98 Å². The Morgan fingerprint density at radius 2 is 1.79 bits per heavy atom. The van der Waals surface area contributed by atoms with Crippen molar-refractivity contribution >= 4 is 32.3 Å². The van der Waals surface area contributed by atoms with Gasteiger partial charge >= 0.3 is 0 Å². The van der Waals surface area contributed by atoms with Gasteiger partial charge in [-0.1, -0.05) is 36.4 Å². The first-order valence-corrected chi connectivity index (χ1v) is 13.9. The minimum Gasteiger partial charge on any atom is -0.489 e. The fourth-order valence-electron chi connectivity index (χ4n) is 5.33.